The number of rotatable bonds is 7. The van der Waals surface area contributed by atoms with Crippen LogP contribution in [0.4, 0.5) is 0 Å². The van der Waals surface area contributed by atoms with E-state index in [1.54, 1.807) is 0 Å². The summed E-state index contributed by atoms with van der Waals surface area (Å²) in [6.45, 7) is 2.17. The van der Waals surface area contributed by atoms with E-state index in [2.05, 4.69) is 12.2 Å². The van der Waals surface area contributed by atoms with E-state index in [4.69, 9.17) is 18.0 Å². The molecule has 2 atom stereocenters. The zero-order valence-corrected chi connectivity index (χ0v) is 11.5. The summed E-state index contributed by atoms with van der Waals surface area (Å²) in [5.41, 5.74) is 5.68. The summed E-state index contributed by atoms with van der Waals surface area (Å²) in [5.74, 6) is 0.374. The van der Waals surface area contributed by atoms with Gasteiger partial charge in [0.2, 0.25) is 5.91 Å². The Morgan fingerprint density at radius 3 is 2.76 bits per heavy atom. The van der Waals surface area contributed by atoms with Crippen LogP contribution in [0, 0.1) is 5.92 Å². The van der Waals surface area contributed by atoms with Crippen molar-refractivity contribution in [1.29, 1.82) is 0 Å². The standard InChI is InChI=1S/C13H24N2OS/c1-2-3-4-5-9-12(16)15-11-8-6-7-10(11)13(14)17/h10-11H,2-9H2,1H3,(H2,14,17)(H,15,16). The maximum atomic E-state index is 11.7. The van der Waals surface area contributed by atoms with E-state index in [0.717, 1.165) is 32.1 Å². The van der Waals surface area contributed by atoms with E-state index < -0.39 is 0 Å². The number of hydrogen-bond donors (Lipinski definition) is 2. The SMILES string of the molecule is CCCCCCC(=O)NC1CCCC1C(N)=S. The van der Waals surface area contributed by atoms with Crippen molar-refractivity contribution in [3.8, 4) is 0 Å². The minimum Gasteiger partial charge on any atom is -0.393 e. The largest absolute Gasteiger partial charge is 0.393 e. The third kappa shape index (κ3) is 5.02. The number of unbranched alkanes of at least 4 members (excludes halogenated alkanes) is 3. The van der Waals surface area contributed by atoms with Gasteiger partial charge in [-0.3, -0.25) is 4.79 Å². The second-order valence-electron chi connectivity index (χ2n) is 4.92. The molecule has 17 heavy (non-hydrogen) atoms. The molecule has 0 aromatic heterocycles. The number of thiocarbonyl (C=S) groups is 1. The van der Waals surface area contributed by atoms with Gasteiger partial charge < -0.3 is 11.1 Å². The Morgan fingerprint density at radius 2 is 2.12 bits per heavy atom. The number of carbonyl (C=O) groups excluding carboxylic acids is 1. The van der Waals surface area contributed by atoms with Crippen LogP contribution < -0.4 is 11.1 Å². The molecule has 1 fully saturated rings. The quantitative estimate of drug-likeness (QED) is 0.543. The number of hydrogen-bond acceptors (Lipinski definition) is 2. The van der Waals surface area contributed by atoms with Crippen LogP contribution in [0.1, 0.15) is 58.3 Å². The molecular weight excluding hydrogens is 232 g/mol. The molecule has 4 heteroatoms. The predicted molar refractivity (Wildman–Crippen MR) is 74.8 cm³/mol. The maximum Gasteiger partial charge on any atom is 0.220 e. The summed E-state index contributed by atoms with van der Waals surface area (Å²) in [6.07, 6.45) is 8.35. The highest BCUT2D eigenvalue weighted by Gasteiger charge is 2.30. The third-order valence-corrected chi connectivity index (χ3v) is 3.79. The average molecular weight is 256 g/mol. The lowest BCUT2D eigenvalue weighted by molar-refractivity contribution is -0.122. The second kappa shape index (κ2) is 7.64. The van der Waals surface area contributed by atoms with Crippen LogP contribution in [-0.2, 0) is 4.79 Å². The van der Waals surface area contributed by atoms with Gasteiger partial charge in [0.25, 0.3) is 0 Å². The topological polar surface area (TPSA) is 55.1 Å². The van der Waals surface area contributed by atoms with E-state index in [0.29, 0.717) is 11.4 Å². The van der Waals surface area contributed by atoms with Crippen LogP contribution in [0.2, 0.25) is 0 Å². The highest BCUT2D eigenvalue weighted by Crippen LogP contribution is 2.26. The van der Waals surface area contributed by atoms with Crippen molar-refractivity contribution in [2.45, 2.75) is 64.3 Å². The van der Waals surface area contributed by atoms with Crippen LogP contribution in [0.25, 0.3) is 0 Å². The lowest BCUT2D eigenvalue weighted by Gasteiger charge is -2.19. The predicted octanol–water partition coefficient (Wildman–Crippen LogP) is 2.53. The number of carbonyl (C=O) groups is 1. The van der Waals surface area contributed by atoms with Gasteiger partial charge in [0, 0.05) is 18.4 Å². The Kier molecular flexibility index (Phi) is 6.48. The fourth-order valence-corrected chi connectivity index (χ4v) is 2.75. The number of nitrogens with two attached hydrogens (primary N) is 1. The van der Waals surface area contributed by atoms with Gasteiger partial charge in [0.1, 0.15) is 0 Å². The fourth-order valence-electron chi connectivity index (χ4n) is 2.46. The zero-order valence-electron chi connectivity index (χ0n) is 10.7. The smallest absolute Gasteiger partial charge is 0.220 e. The van der Waals surface area contributed by atoms with Crippen molar-refractivity contribution >= 4 is 23.1 Å². The molecule has 0 aromatic carbocycles. The van der Waals surface area contributed by atoms with Crippen molar-refractivity contribution in [2.24, 2.45) is 11.7 Å². The van der Waals surface area contributed by atoms with Crippen LogP contribution in [0.15, 0.2) is 0 Å². The molecule has 1 rings (SSSR count). The fraction of sp³-hybridized carbons (Fsp3) is 0.846. The molecule has 2 unspecified atom stereocenters. The molecule has 1 aliphatic rings. The molecule has 1 saturated carbocycles. The summed E-state index contributed by atoms with van der Waals surface area (Å²) in [4.78, 5) is 12.3. The minimum absolute atomic E-state index is 0.161. The van der Waals surface area contributed by atoms with Crippen molar-refractivity contribution in [2.75, 3.05) is 0 Å². The minimum atomic E-state index is 0.161. The van der Waals surface area contributed by atoms with Crippen molar-refractivity contribution < 1.29 is 4.79 Å². The molecule has 1 amide bonds. The highest BCUT2D eigenvalue weighted by molar-refractivity contribution is 7.80. The van der Waals surface area contributed by atoms with Crippen LogP contribution in [0.3, 0.4) is 0 Å². The summed E-state index contributed by atoms with van der Waals surface area (Å²) >= 11 is 5.03. The van der Waals surface area contributed by atoms with Gasteiger partial charge in [-0.1, -0.05) is 44.8 Å². The molecule has 1 aliphatic carbocycles. The summed E-state index contributed by atoms with van der Waals surface area (Å²) < 4.78 is 0. The summed E-state index contributed by atoms with van der Waals surface area (Å²) in [7, 11) is 0. The Bertz CT molecular complexity index is 268. The first-order chi connectivity index (χ1) is 8.15. The number of amides is 1. The van der Waals surface area contributed by atoms with Crippen molar-refractivity contribution in [1.82, 2.24) is 5.32 Å². The van der Waals surface area contributed by atoms with Gasteiger partial charge in [-0.15, -0.1) is 0 Å². The van der Waals surface area contributed by atoms with Gasteiger partial charge in [-0.2, -0.15) is 0 Å². The molecule has 0 spiro atoms. The lowest BCUT2D eigenvalue weighted by atomic mass is 10.0. The lowest BCUT2D eigenvalue weighted by Crippen LogP contribution is -2.41. The Morgan fingerprint density at radius 1 is 1.35 bits per heavy atom. The molecule has 0 bridgehead atoms. The van der Waals surface area contributed by atoms with E-state index in [1.165, 1.54) is 12.8 Å². The summed E-state index contributed by atoms with van der Waals surface area (Å²) in [6, 6.07) is 0.186. The van der Waals surface area contributed by atoms with E-state index in [9.17, 15) is 4.79 Å². The van der Waals surface area contributed by atoms with Gasteiger partial charge in [-0.25, -0.2) is 0 Å². The average Bonchev–Trinajstić information content (AvgIpc) is 2.72. The van der Waals surface area contributed by atoms with E-state index in [-0.39, 0.29) is 17.9 Å². The Hall–Kier alpha value is -0.640. The molecule has 0 saturated heterocycles. The summed E-state index contributed by atoms with van der Waals surface area (Å²) in [5, 5.41) is 3.08. The molecule has 0 heterocycles. The normalized spacial score (nSPS) is 23.6. The van der Waals surface area contributed by atoms with Gasteiger partial charge in [0.15, 0.2) is 0 Å². The Labute approximate surface area is 110 Å². The van der Waals surface area contributed by atoms with Crippen LogP contribution in [0.5, 0.6) is 0 Å². The van der Waals surface area contributed by atoms with Gasteiger partial charge in [-0.05, 0) is 19.3 Å². The first-order valence-corrected chi connectivity index (χ1v) is 7.14. The van der Waals surface area contributed by atoms with E-state index in [1.807, 2.05) is 0 Å². The van der Waals surface area contributed by atoms with Crippen molar-refractivity contribution in [3.63, 3.8) is 0 Å². The maximum absolute atomic E-state index is 11.7. The first-order valence-electron chi connectivity index (χ1n) is 6.73. The molecule has 98 valence electrons. The molecule has 3 N–H and O–H groups in total. The van der Waals surface area contributed by atoms with Crippen LogP contribution in [-0.4, -0.2) is 16.9 Å². The molecule has 0 radical (unpaired) electrons. The Balaban J connectivity index is 2.23. The highest BCUT2D eigenvalue weighted by atomic mass is 32.1. The molecule has 0 aromatic rings. The monoisotopic (exact) mass is 256 g/mol. The molecule has 0 aliphatic heterocycles. The zero-order chi connectivity index (χ0) is 12.7. The first kappa shape index (κ1) is 14.4. The van der Waals surface area contributed by atoms with Crippen LogP contribution >= 0.6 is 12.2 Å². The third-order valence-electron chi connectivity index (χ3n) is 3.49. The molecular formula is C13H24N2OS. The second-order valence-corrected chi connectivity index (χ2v) is 5.40. The number of nitrogens with one attached hydrogen (secondary N) is 1. The van der Waals surface area contributed by atoms with Gasteiger partial charge in [0.05, 0.1) is 4.99 Å². The molecule has 3 nitrogen and oxygen atoms in total. The van der Waals surface area contributed by atoms with E-state index >= 15 is 0 Å². The van der Waals surface area contributed by atoms with Crippen molar-refractivity contribution in [3.05, 3.63) is 0 Å². The van der Waals surface area contributed by atoms with Gasteiger partial charge >= 0.3 is 0 Å².